The fourth-order valence-corrected chi connectivity index (χ4v) is 3.37. The van der Waals surface area contributed by atoms with Crippen LogP contribution >= 0.6 is 0 Å². The SMILES string of the molecule is Cc1ccc(-n2[nH]c(C)c(C(=Nc3ccccc3C)c3ccccc3)c2=O)cc1. The predicted octanol–water partition coefficient (Wildman–Crippen LogP) is 5.26. The summed E-state index contributed by atoms with van der Waals surface area (Å²) in [6.07, 6.45) is 0. The van der Waals surface area contributed by atoms with Gasteiger partial charge in [-0.15, -0.1) is 0 Å². The first kappa shape index (κ1) is 18.7. The minimum atomic E-state index is -0.109. The number of para-hydroxylation sites is 1. The van der Waals surface area contributed by atoms with Crippen molar-refractivity contribution in [2.24, 2.45) is 4.99 Å². The third kappa shape index (κ3) is 3.69. The highest BCUT2D eigenvalue weighted by Gasteiger charge is 2.19. The second-order valence-electron chi connectivity index (χ2n) is 7.20. The van der Waals surface area contributed by atoms with Gasteiger partial charge >= 0.3 is 0 Å². The molecule has 4 rings (SSSR count). The molecule has 0 radical (unpaired) electrons. The molecular formula is C25H23N3O. The van der Waals surface area contributed by atoms with Crippen molar-refractivity contribution in [1.82, 2.24) is 9.78 Å². The van der Waals surface area contributed by atoms with E-state index in [4.69, 9.17) is 4.99 Å². The number of aromatic nitrogens is 2. The maximum absolute atomic E-state index is 13.4. The first-order valence-corrected chi connectivity index (χ1v) is 9.63. The molecule has 0 amide bonds. The van der Waals surface area contributed by atoms with Crippen LogP contribution in [0.15, 0.2) is 88.6 Å². The maximum atomic E-state index is 13.4. The number of nitrogens with one attached hydrogen (secondary N) is 1. The lowest BCUT2D eigenvalue weighted by atomic mass is 10.0. The third-order valence-corrected chi connectivity index (χ3v) is 5.00. The summed E-state index contributed by atoms with van der Waals surface area (Å²) in [6, 6.07) is 25.7. The van der Waals surface area contributed by atoms with Crippen LogP contribution < -0.4 is 5.56 Å². The van der Waals surface area contributed by atoms with Crippen molar-refractivity contribution in [2.45, 2.75) is 20.8 Å². The molecule has 0 aliphatic rings. The van der Waals surface area contributed by atoms with E-state index < -0.39 is 0 Å². The Morgan fingerprint density at radius 1 is 0.828 bits per heavy atom. The molecule has 0 aliphatic heterocycles. The molecule has 4 aromatic rings. The Morgan fingerprint density at radius 3 is 2.17 bits per heavy atom. The lowest BCUT2D eigenvalue weighted by Crippen LogP contribution is -2.21. The van der Waals surface area contributed by atoms with Crippen LogP contribution in [-0.2, 0) is 0 Å². The second-order valence-corrected chi connectivity index (χ2v) is 7.20. The van der Waals surface area contributed by atoms with Gasteiger partial charge in [0, 0.05) is 11.3 Å². The summed E-state index contributed by atoms with van der Waals surface area (Å²) in [5.41, 5.74) is 6.71. The fraction of sp³-hybridized carbons (Fsp3) is 0.120. The molecule has 0 spiro atoms. The van der Waals surface area contributed by atoms with Gasteiger partial charge in [0.1, 0.15) is 0 Å². The van der Waals surface area contributed by atoms with E-state index >= 15 is 0 Å². The van der Waals surface area contributed by atoms with E-state index in [1.165, 1.54) is 0 Å². The Bertz CT molecular complexity index is 1230. The number of nitrogens with zero attached hydrogens (tertiary/aromatic N) is 2. The van der Waals surface area contributed by atoms with E-state index in [0.717, 1.165) is 33.8 Å². The number of hydrogen-bond donors (Lipinski definition) is 1. The van der Waals surface area contributed by atoms with Crippen LogP contribution in [0.1, 0.15) is 27.9 Å². The smallest absolute Gasteiger partial charge is 0.280 e. The van der Waals surface area contributed by atoms with Crippen molar-refractivity contribution in [2.75, 3.05) is 0 Å². The lowest BCUT2D eigenvalue weighted by Gasteiger charge is -2.07. The molecule has 1 heterocycles. The second kappa shape index (κ2) is 7.76. The number of H-pyrrole nitrogens is 1. The summed E-state index contributed by atoms with van der Waals surface area (Å²) in [5.74, 6) is 0. The Morgan fingerprint density at radius 2 is 1.48 bits per heavy atom. The van der Waals surface area contributed by atoms with Gasteiger partial charge in [-0.05, 0) is 44.5 Å². The van der Waals surface area contributed by atoms with Gasteiger partial charge in [-0.2, -0.15) is 0 Å². The monoisotopic (exact) mass is 381 g/mol. The molecule has 0 atom stereocenters. The first-order chi connectivity index (χ1) is 14.0. The van der Waals surface area contributed by atoms with Crippen molar-refractivity contribution < 1.29 is 0 Å². The van der Waals surface area contributed by atoms with E-state index in [-0.39, 0.29) is 5.56 Å². The van der Waals surface area contributed by atoms with Crippen molar-refractivity contribution in [3.05, 3.63) is 117 Å². The molecular weight excluding hydrogens is 358 g/mol. The van der Waals surface area contributed by atoms with E-state index in [9.17, 15) is 4.79 Å². The highest BCUT2D eigenvalue weighted by Crippen LogP contribution is 2.22. The molecule has 29 heavy (non-hydrogen) atoms. The van der Waals surface area contributed by atoms with E-state index in [0.29, 0.717) is 11.3 Å². The number of rotatable bonds is 4. The van der Waals surface area contributed by atoms with E-state index in [1.54, 1.807) is 4.68 Å². The average Bonchev–Trinajstić information content (AvgIpc) is 3.03. The van der Waals surface area contributed by atoms with Crippen LogP contribution in [-0.4, -0.2) is 15.5 Å². The normalized spacial score (nSPS) is 11.6. The highest BCUT2D eigenvalue weighted by molar-refractivity contribution is 6.14. The van der Waals surface area contributed by atoms with Crippen molar-refractivity contribution >= 4 is 11.4 Å². The van der Waals surface area contributed by atoms with Crippen LogP contribution in [0, 0.1) is 20.8 Å². The summed E-state index contributed by atoms with van der Waals surface area (Å²) in [7, 11) is 0. The zero-order valence-corrected chi connectivity index (χ0v) is 16.8. The molecule has 0 unspecified atom stereocenters. The molecule has 0 saturated carbocycles. The topological polar surface area (TPSA) is 50.1 Å². The van der Waals surface area contributed by atoms with Gasteiger partial charge in [-0.1, -0.05) is 66.2 Å². The molecule has 0 fully saturated rings. The number of aromatic amines is 1. The van der Waals surface area contributed by atoms with Gasteiger partial charge < -0.3 is 0 Å². The van der Waals surface area contributed by atoms with Crippen LogP contribution in [0.2, 0.25) is 0 Å². The summed E-state index contributed by atoms with van der Waals surface area (Å²) in [4.78, 5) is 18.3. The van der Waals surface area contributed by atoms with Crippen molar-refractivity contribution in [3.8, 4) is 5.69 Å². The van der Waals surface area contributed by atoms with Gasteiger partial charge in [-0.25, -0.2) is 9.67 Å². The lowest BCUT2D eigenvalue weighted by molar-refractivity contribution is 0.835. The molecule has 4 heteroatoms. The highest BCUT2D eigenvalue weighted by atomic mass is 16.1. The molecule has 0 bridgehead atoms. The minimum Gasteiger partial charge on any atom is -0.295 e. The van der Waals surface area contributed by atoms with Crippen LogP contribution in [0.4, 0.5) is 5.69 Å². The number of aryl methyl sites for hydroxylation is 3. The van der Waals surface area contributed by atoms with Gasteiger partial charge in [0.15, 0.2) is 0 Å². The van der Waals surface area contributed by atoms with E-state index in [1.807, 2.05) is 99.6 Å². The quantitative estimate of drug-likeness (QED) is 0.482. The van der Waals surface area contributed by atoms with Crippen molar-refractivity contribution in [1.29, 1.82) is 0 Å². The summed E-state index contributed by atoms with van der Waals surface area (Å²) < 4.78 is 1.58. The van der Waals surface area contributed by atoms with Crippen LogP contribution in [0.5, 0.6) is 0 Å². The van der Waals surface area contributed by atoms with Gasteiger partial charge in [-0.3, -0.25) is 9.89 Å². The summed E-state index contributed by atoms with van der Waals surface area (Å²) >= 11 is 0. The minimum absolute atomic E-state index is 0.109. The molecule has 0 saturated heterocycles. The van der Waals surface area contributed by atoms with Gasteiger partial charge in [0.25, 0.3) is 5.56 Å². The third-order valence-electron chi connectivity index (χ3n) is 5.00. The fourth-order valence-electron chi connectivity index (χ4n) is 3.37. The summed E-state index contributed by atoms with van der Waals surface area (Å²) in [5, 5.41) is 3.22. The predicted molar refractivity (Wildman–Crippen MR) is 119 cm³/mol. The van der Waals surface area contributed by atoms with E-state index in [2.05, 4.69) is 5.10 Å². The Hall–Kier alpha value is -3.66. The van der Waals surface area contributed by atoms with Crippen LogP contribution in [0.25, 0.3) is 5.69 Å². The molecule has 1 N–H and O–H groups in total. The molecule has 144 valence electrons. The number of aliphatic imine (C=N–C) groups is 1. The Kier molecular flexibility index (Phi) is 5.00. The molecule has 1 aromatic heterocycles. The van der Waals surface area contributed by atoms with Crippen LogP contribution in [0.3, 0.4) is 0 Å². The zero-order chi connectivity index (χ0) is 20.4. The molecule has 0 aliphatic carbocycles. The van der Waals surface area contributed by atoms with Crippen molar-refractivity contribution in [3.63, 3.8) is 0 Å². The zero-order valence-electron chi connectivity index (χ0n) is 16.8. The number of benzene rings is 3. The summed E-state index contributed by atoms with van der Waals surface area (Å²) in [6.45, 7) is 5.97. The van der Waals surface area contributed by atoms with Gasteiger partial charge in [0.05, 0.1) is 22.6 Å². The Labute approximate surface area is 170 Å². The van der Waals surface area contributed by atoms with Gasteiger partial charge in [0.2, 0.25) is 0 Å². The molecule has 3 aromatic carbocycles. The maximum Gasteiger partial charge on any atom is 0.280 e. The standard InChI is InChI=1S/C25H23N3O/c1-17-13-15-21(16-14-17)28-25(29)23(19(3)27-28)24(20-10-5-4-6-11-20)26-22-12-8-7-9-18(22)2/h4-16,27H,1-3H3. The molecule has 4 nitrogen and oxygen atoms in total. The first-order valence-electron chi connectivity index (χ1n) is 9.63. The largest absolute Gasteiger partial charge is 0.295 e. The number of hydrogen-bond acceptors (Lipinski definition) is 2. The average molecular weight is 381 g/mol. The Balaban J connectivity index is 1.94.